The van der Waals surface area contributed by atoms with Crippen LogP contribution in [0.4, 0.5) is 18.9 Å². The number of halogens is 4. The summed E-state index contributed by atoms with van der Waals surface area (Å²) in [5.74, 6) is -8.43. The number of rotatable bonds is 6. The molecule has 11 heteroatoms. The smallest absolute Gasteiger partial charge is 0.378 e. The number of nitro benzene ring substituents is 1. The molecule has 0 fully saturated rings. The molecule has 0 atom stereocenters. The second kappa shape index (κ2) is 7.27. The molecule has 0 aromatic heterocycles. The van der Waals surface area contributed by atoms with Crippen LogP contribution in [0.5, 0.6) is 0 Å². The predicted octanol–water partition coefficient (Wildman–Crippen LogP) is 2.32. The van der Waals surface area contributed by atoms with Crippen LogP contribution in [0.1, 0.15) is 17.3 Å². The fourth-order valence-corrected chi connectivity index (χ4v) is 1.64. The third kappa shape index (κ3) is 4.55. The van der Waals surface area contributed by atoms with Gasteiger partial charge in [0.15, 0.2) is 0 Å². The maximum absolute atomic E-state index is 13.4. The van der Waals surface area contributed by atoms with Crippen molar-refractivity contribution in [1.29, 1.82) is 0 Å². The number of carbonyl (C=O) groups excluding carboxylic acids is 2. The van der Waals surface area contributed by atoms with Crippen molar-refractivity contribution >= 4 is 29.2 Å². The fraction of sp³-hybridized carbons (Fsp3) is 0.333. The Morgan fingerprint density at radius 1 is 1.43 bits per heavy atom. The normalized spacial score (nSPS) is 11.0. The van der Waals surface area contributed by atoms with Gasteiger partial charge in [-0.3, -0.25) is 14.9 Å². The monoisotopic (exact) mass is 354 g/mol. The summed E-state index contributed by atoms with van der Waals surface area (Å²) in [5.41, 5.74) is -1.49. The van der Waals surface area contributed by atoms with E-state index in [1.54, 1.807) is 5.32 Å². The number of nitro groups is 1. The van der Waals surface area contributed by atoms with Gasteiger partial charge in [0.1, 0.15) is 5.82 Å². The molecule has 0 bridgehead atoms. The minimum Gasteiger partial charge on any atom is -0.462 e. The summed E-state index contributed by atoms with van der Waals surface area (Å²) in [4.78, 5) is 32.3. The summed E-state index contributed by atoms with van der Waals surface area (Å²) in [6.45, 7) is -0.409. The van der Waals surface area contributed by atoms with Gasteiger partial charge in [0.2, 0.25) is 0 Å². The van der Waals surface area contributed by atoms with Crippen LogP contribution < -0.4 is 5.32 Å². The van der Waals surface area contributed by atoms with E-state index in [-0.39, 0.29) is 6.61 Å². The molecule has 1 aromatic rings. The molecule has 0 spiro atoms. The number of benzene rings is 1. The summed E-state index contributed by atoms with van der Waals surface area (Å²) in [6.07, 6.45) is 0. The molecule has 0 radical (unpaired) electrons. The highest BCUT2D eigenvalue weighted by Gasteiger charge is 2.41. The van der Waals surface area contributed by atoms with E-state index in [9.17, 15) is 32.9 Å². The summed E-state index contributed by atoms with van der Waals surface area (Å²) in [7, 11) is 0. The lowest BCUT2D eigenvalue weighted by Gasteiger charge is -2.15. The molecule has 23 heavy (non-hydrogen) atoms. The van der Waals surface area contributed by atoms with Crippen molar-refractivity contribution in [2.45, 2.75) is 12.8 Å². The van der Waals surface area contributed by atoms with Gasteiger partial charge in [-0.05, 0) is 6.92 Å². The molecule has 0 aliphatic heterocycles. The van der Waals surface area contributed by atoms with E-state index >= 15 is 0 Å². The average Bonchev–Trinajstić information content (AvgIpc) is 2.47. The molecular formula is C12H10ClF3N2O5. The van der Waals surface area contributed by atoms with E-state index < -0.39 is 51.4 Å². The molecule has 7 nitrogen and oxygen atoms in total. The molecule has 1 amide bonds. The van der Waals surface area contributed by atoms with E-state index in [0.29, 0.717) is 12.1 Å². The lowest BCUT2D eigenvalue weighted by Crippen LogP contribution is -2.43. The molecule has 0 aliphatic carbocycles. The number of non-ortho nitro benzene ring substituents is 1. The maximum atomic E-state index is 13.4. The average molecular weight is 355 g/mol. The van der Waals surface area contributed by atoms with Crippen LogP contribution in [0.15, 0.2) is 12.1 Å². The second-order valence-corrected chi connectivity index (χ2v) is 4.53. The number of esters is 1. The Kier molecular flexibility index (Phi) is 5.91. The zero-order valence-electron chi connectivity index (χ0n) is 11.6. The van der Waals surface area contributed by atoms with E-state index in [1.165, 1.54) is 6.92 Å². The Balaban J connectivity index is 2.95. The SMILES string of the molecule is CCOC(=O)C(F)(F)CNC(=O)c1cc([N+](=O)[O-])cc(F)c1Cl. The Morgan fingerprint density at radius 2 is 2.04 bits per heavy atom. The first-order valence-electron chi connectivity index (χ1n) is 6.06. The zero-order chi connectivity index (χ0) is 17.8. The lowest BCUT2D eigenvalue weighted by molar-refractivity contribution is -0.385. The van der Waals surface area contributed by atoms with Crippen LogP contribution in [-0.4, -0.2) is 35.9 Å². The number of carbonyl (C=O) groups is 2. The van der Waals surface area contributed by atoms with E-state index in [2.05, 4.69) is 4.74 Å². The molecule has 0 aliphatic rings. The van der Waals surface area contributed by atoms with E-state index in [1.807, 2.05) is 0 Å². The van der Waals surface area contributed by atoms with Crippen LogP contribution in [0, 0.1) is 15.9 Å². The first-order valence-corrected chi connectivity index (χ1v) is 6.44. The largest absolute Gasteiger partial charge is 0.462 e. The number of hydrogen-bond acceptors (Lipinski definition) is 5. The number of ether oxygens (including phenoxy) is 1. The number of hydrogen-bond donors (Lipinski definition) is 1. The van der Waals surface area contributed by atoms with Gasteiger partial charge in [0.05, 0.1) is 34.7 Å². The van der Waals surface area contributed by atoms with Crippen molar-refractivity contribution in [2.75, 3.05) is 13.2 Å². The van der Waals surface area contributed by atoms with Crippen molar-refractivity contribution in [3.8, 4) is 0 Å². The molecule has 0 saturated heterocycles. The molecule has 0 heterocycles. The van der Waals surface area contributed by atoms with Crippen molar-refractivity contribution in [3.63, 3.8) is 0 Å². The third-order valence-corrected chi connectivity index (χ3v) is 2.90. The number of amides is 1. The standard InChI is InChI=1S/C12H10ClF3N2O5/c1-2-23-11(20)12(15,16)5-17-10(19)7-3-6(18(21)22)4-8(14)9(7)13/h3-4H,2,5H2,1H3,(H,17,19). The Morgan fingerprint density at radius 3 is 2.57 bits per heavy atom. The molecule has 1 aromatic carbocycles. The van der Waals surface area contributed by atoms with Crippen LogP contribution in [-0.2, 0) is 9.53 Å². The van der Waals surface area contributed by atoms with Crippen LogP contribution in [0.3, 0.4) is 0 Å². The number of nitrogens with zero attached hydrogens (tertiary/aromatic N) is 1. The number of nitrogens with one attached hydrogen (secondary N) is 1. The summed E-state index contributed by atoms with van der Waals surface area (Å²) < 4.78 is 44.3. The maximum Gasteiger partial charge on any atom is 0.378 e. The summed E-state index contributed by atoms with van der Waals surface area (Å²) >= 11 is 5.49. The Hall–Kier alpha value is -2.36. The van der Waals surface area contributed by atoms with Gasteiger partial charge in [0, 0.05) is 6.07 Å². The Bertz CT molecular complexity index is 654. The first kappa shape index (κ1) is 18.7. The summed E-state index contributed by atoms with van der Waals surface area (Å²) in [5, 5.41) is 11.5. The highest BCUT2D eigenvalue weighted by Crippen LogP contribution is 2.26. The van der Waals surface area contributed by atoms with Crippen LogP contribution in [0.25, 0.3) is 0 Å². The van der Waals surface area contributed by atoms with E-state index in [0.717, 1.165) is 0 Å². The molecule has 0 saturated carbocycles. The second-order valence-electron chi connectivity index (χ2n) is 4.15. The number of alkyl halides is 2. The quantitative estimate of drug-likeness (QED) is 0.480. The minimum atomic E-state index is -4.02. The third-order valence-electron chi connectivity index (χ3n) is 2.51. The molecule has 1 rings (SSSR count). The van der Waals surface area contributed by atoms with Gasteiger partial charge in [-0.15, -0.1) is 0 Å². The van der Waals surface area contributed by atoms with Gasteiger partial charge in [-0.1, -0.05) is 11.6 Å². The Labute approximate surface area is 132 Å². The molecule has 0 unspecified atom stereocenters. The van der Waals surface area contributed by atoms with Gasteiger partial charge in [0.25, 0.3) is 11.6 Å². The van der Waals surface area contributed by atoms with Crippen molar-refractivity contribution in [2.24, 2.45) is 0 Å². The highest BCUT2D eigenvalue weighted by molar-refractivity contribution is 6.34. The van der Waals surface area contributed by atoms with Gasteiger partial charge in [-0.2, -0.15) is 8.78 Å². The van der Waals surface area contributed by atoms with Crippen LogP contribution in [0.2, 0.25) is 5.02 Å². The van der Waals surface area contributed by atoms with Crippen molar-refractivity contribution in [1.82, 2.24) is 5.32 Å². The molecule has 1 N–H and O–H groups in total. The van der Waals surface area contributed by atoms with Crippen LogP contribution >= 0.6 is 11.6 Å². The van der Waals surface area contributed by atoms with Crippen molar-refractivity contribution in [3.05, 3.63) is 38.7 Å². The topological polar surface area (TPSA) is 98.5 Å². The van der Waals surface area contributed by atoms with E-state index in [4.69, 9.17) is 11.6 Å². The predicted molar refractivity (Wildman–Crippen MR) is 72.0 cm³/mol. The first-order chi connectivity index (χ1) is 10.6. The fourth-order valence-electron chi connectivity index (χ4n) is 1.44. The van der Waals surface area contributed by atoms with Gasteiger partial charge in [-0.25, -0.2) is 9.18 Å². The summed E-state index contributed by atoms with van der Waals surface area (Å²) in [6, 6.07) is 1.11. The highest BCUT2D eigenvalue weighted by atomic mass is 35.5. The molecule has 126 valence electrons. The van der Waals surface area contributed by atoms with Gasteiger partial charge < -0.3 is 10.1 Å². The zero-order valence-corrected chi connectivity index (χ0v) is 12.3. The lowest BCUT2D eigenvalue weighted by atomic mass is 10.1. The minimum absolute atomic E-state index is 0.287. The van der Waals surface area contributed by atoms with Crippen molar-refractivity contribution < 1.29 is 32.4 Å². The van der Waals surface area contributed by atoms with Gasteiger partial charge >= 0.3 is 11.9 Å². The molecular weight excluding hydrogens is 345 g/mol.